The second-order valence-electron chi connectivity index (χ2n) is 8.32. The van der Waals surface area contributed by atoms with Crippen LogP contribution in [0.3, 0.4) is 0 Å². The van der Waals surface area contributed by atoms with Gasteiger partial charge in [-0.25, -0.2) is 4.98 Å². The molecule has 40 heavy (non-hydrogen) atoms. The molecule has 10 nitrogen and oxygen atoms in total. The fraction of sp³-hybridized carbons (Fsp3) is 0.148. The molecule has 0 fully saturated rings. The van der Waals surface area contributed by atoms with Gasteiger partial charge in [-0.1, -0.05) is 51.2 Å². The fourth-order valence-electron chi connectivity index (χ4n) is 3.77. The van der Waals surface area contributed by atoms with E-state index >= 15 is 0 Å². The van der Waals surface area contributed by atoms with Crippen molar-refractivity contribution in [2.75, 3.05) is 25.3 Å². The van der Waals surface area contributed by atoms with Gasteiger partial charge in [0.2, 0.25) is 5.91 Å². The quantitative estimate of drug-likeness (QED) is 0.197. The number of aromatic nitrogens is 4. The van der Waals surface area contributed by atoms with E-state index in [1.54, 1.807) is 18.2 Å². The van der Waals surface area contributed by atoms with Crippen molar-refractivity contribution in [1.82, 2.24) is 25.1 Å². The van der Waals surface area contributed by atoms with E-state index in [1.807, 2.05) is 53.1 Å². The van der Waals surface area contributed by atoms with Crippen molar-refractivity contribution >= 4 is 66.2 Å². The maximum atomic E-state index is 13.0. The Morgan fingerprint density at radius 3 is 2.42 bits per heavy atom. The third kappa shape index (κ3) is 6.43. The van der Waals surface area contributed by atoms with Gasteiger partial charge in [-0.3, -0.25) is 14.2 Å². The first kappa shape index (κ1) is 27.6. The van der Waals surface area contributed by atoms with E-state index in [4.69, 9.17) is 9.47 Å². The summed E-state index contributed by atoms with van der Waals surface area (Å²) in [4.78, 5) is 30.1. The summed E-state index contributed by atoms with van der Waals surface area (Å²) in [7, 11) is 3.05. The van der Waals surface area contributed by atoms with Crippen molar-refractivity contribution < 1.29 is 19.1 Å². The molecule has 0 bridgehead atoms. The molecular formula is C27H23BrN6O4S2. The van der Waals surface area contributed by atoms with E-state index in [0.29, 0.717) is 33.2 Å². The Bertz CT molecular complexity index is 1620. The smallest absolute Gasteiger partial charge is 0.251 e. The normalized spacial score (nSPS) is 10.9. The number of nitrogens with zero attached hydrogens (tertiary/aromatic N) is 4. The van der Waals surface area contributed by atoms with Crippen LogP contribution in [0, 0.1) is 0 Å². The molecule has 0 radical (unpaired) electrons. The molecule has 5 aromatic rings. The monoisotopic (exact) mass is 638 g/mol. The number of benzene rings is 3. The zero-order valence-electron chi connectivity index (χ0n) is 21.4. The Morgan fingerprint density at radius 1 is 1.00 bits per heavy atom. The zero-order chi connectivity index (χ0) is 28.1. The molecule has 0 aliphatic heterocycles. The second-order valence-corrected chi connectivity index (χ2v) is 11.2. The van der Waals surface area contributed by atoms with Gasteiger partial charge in [0.1, 0.15) is 11.5 Å². The number of para-hydroxylation sites is 1. The number of fused-ring (bicyclic) bond motifs is 1. The summed E-state index contributed by atoms with van der Waals surface area (Å²) in [6, 6.07) is 20.3. The number of rotatable bonds is 10. The molecular weight excluding hydrogens is 616 g/mol. The highest BCUT2D eigenvalue weighted by molar-refractivity contribution is 9.10. The third-order valence-electron chi connectivity index (χ3n) is 5.68. The van der Waals surface area contributed by atoms with Gasteiger partial charge >= 0.3 is 0 Å². The Kier molecular flexibility index (Phi) is 8.63. The Labute approximate surface area is 246 Å². The number of thiazole rings is 1. The summed E-state index contributed by atoms with van der Waals surface area (Å²) in [6.07, 6.45) is 0. The largest absolute Gasteiger partial charge is 0.497 e. The summed E-state index contributed by atoms with van der Waals surface area (Å²) in [5.41, 5.74) is 2.01. The van der Waals surface area contributed by atoms with Gasteiger partial charge < -0.3 is 20.1 Å². The minimum Gasteiger partial charge on any atom is -0.497 e. The summed E-state index contributed by atoms with van der Waals surface area (Å²) >= 11 is 6.11. The number of halogens is 1. The number of hydrogen-bond acceptors (Lipinski definition) is 9. The molecule has 2 aromatic heterocycles. The Balaban J connectivity index is 1.32. The van der Waals surface area contributed by atoms with Gasteiger partial charge in [0, 0.05) is 21.8 Å². The molecule has 2 heterocycles. The van der Waals surface area contributed by atoms with Crippen LogP contribution in [0.25, 0.3) is 15.9 Å². The van der Waals surface area contributed by atoms with E-state index in [-0.39, 0.29) is 24.1 Å². The van der Waals surface area contributed by atoms with Crippen molar-refractivity contribution in [3.8, 4) is 17.2 Å². The SMILES string of the molecule is COc1cc(OC)cc(C(=O)NCc2nnc(SCC(=O)Nc3nc4ccccc4s3)n2-c2ccc(Br)cc2)c1. The van der Waals surface area contributed by atoms with E-state index in [2.05, 4.69) is 41.7 Å². The molecule has 0 atom stereocenters. The molecule has 13 heteroatoms. The highest BCUT2D eigenvalue weighted by Gasteiger charge is 2.18. The van der Waals surface area contributed by atoms with E-state index in [9.17, 15) is 9.59 Å². The second kappa shape index (κ2) is 12.5. The van der Waals surface area contributed by atoms with Crippen LogP contribution in [-0.4, -0.2) is 51.5 Å². The average molecular weight is 640 g/mol. The molecule has 0 saturated carbocycles. The minimum absolute atomic E-state index is 0.0971. The van der Waals surface area contributed by atoms with Crippen molar-refractivity contribution in [3.63, 3.8) is 0 Å². The number of ether oxygens (including phenoxy) is 2. The van der Waals surface area contributed by atoms with E-state index in [1.165, 1.54) is 37.3 Å². The number of amides is 2. The average Bonchev–Trinajstić information content (AvgIpc) is 3.58. The predicted octanol–water partition coefficient (Wildman–Crippen LogP) is 5.32. The number of carbonyl (C=O) groups excluding carboxylic acids is 2. The third-order valence-corrected chi connectivity index (χ3v) is 8.09. The van der Waals surface area contributed by atoms with Crippen LogP contribution in [0.2, 0.25) is 0 Å². The maximum absolute atomic E-state index is 13.0. The lowest BCUT2D eigenvalue weighted by Crippen LogP contribution is -2.24. The van der Waals surface area contributed by atoms with E-state index in [0.717, 1.165) is 20.4 Å². The van der Waals surface area contributed by atoms with Crippen molar-refractivity contribution in [3.05, 3.63) is 82.6 Å². The van der Waals surface area contributed by atoms with Crippen LogP contribution in [0.15, 0.2) is 76.4 Å². The van der Waals surface area contributed by atoms with Crippen LogP contribution < -0.4 is 20.1 Å². The lowest BCUT2D eigenvalue weighted by atomic mass is 10.2. The number of anilines is 1. The Hall–Kier alpha value is -3.94. The molecule has 0 unspecified atom stereocenters. The van der Waals surface area contributed by atoms with Gasteiger partial charge in [-0.2, -0.15) is 0 Å². The lowest BCUT2D eigenvalue weighted by molar-refractivity contribution is -0.113. The van der Waals surface area contributed by atoms with Crippen molar-refractivity contribution in [2.24, 2.45) is 0 Å². The van der Waals surface area contributed by atoms with Crippen LogP contribution in [0.4, 0.5) is 5.13 Å². The highest BCUT2D eigenvalue weighted by atomic mass is 79.9. The summed E-state index contributed by atoms with van der Waals surface area (Å²) in [5.74, 6) is 1.07. The Morgan fingerprint density at radius 2 is 1.73 bits per heavy atom. The first-order chi connectivity index (χ1) is 19.4. The predicted molar refractivity (Wildman–Crippen MR) is 159 cm³/mol. The summed E-state index contributed by atoms with van der Waals surface area (Å²) in [5, 5.41) is 15.4. The molecule has 5 rings (SSSR count). The first-order valence-corrected chi connectivity index (χ1v) is 14.5. The highest BCUT2D eigenvalue weighted by Crippen LogP contribution is 2.27. The molecule has 0 aliphatic rings. The zero-order valence-corrected chi connectivity index (χ0v) is 24.6. The number of hydrogen-bond donors (Lipinski definition) is 2. The fourth-order valence-corrected chi connectivity index (χ4v) is 5.69. The first-order valence-electron chi connectivity index (χ1n) is 11.9. The molecule has 2 N–H and O–H groups in total. The number of methoxy groups -OCH3 is 2. The van der Waals surface area contributed by atoms with Gasteiger partial charge in [0.25, 0.3) is 5.91 Å². The number of carbonyl (C=O) groups is 2. The summed E-state index contributed by atoms with van der Waals surface area (Å²) < 4.78 is 14.3. The molecule has 0 spiro atoms. The topological polar surface area (TPSA) is 120 Å². The number of thioether (sulfide) groups is 1. The minimum atomic E-state index is -0.327. The van der Waals surface area contributed by atoms with Crippen LogP contribution >= 0.6 is 39.0 Å². The molecule has 2 amide bonds. The van der Waals surface area contributed by atoms with Gasteiger partial charge in [-0.05, 0) is 48.5 Å². The van der Waals surface area contributed by atoms with Crippen molar-refractivity contribution in [1.29, 1.82) is 0 Å². The van der Waals surface area contributed by atoms with Gasteiger partial charge in [-0.15, -0.1) is 10.2 Å². The summed E-state index contributed by atoms with van der Waals surface area (Å²) in [6.45, 7) is 0.0971. The number of nitrogens with one attached hydrogen (secondary N) is 2. The van der Waals surface area contributed by atoms with Gasteiger partial charge in [0.15, 0.2) is 16.1 Å². The standard InChI is InChI=1S/C27H23BrN6O4S2/c1-37-19-11-16(12-20(13-19)38-2)25(36)29-14-23-32-33-27(34(23)18-9-7-17(28)8-10-18)39-15-24(35)31-26-30-21-5-3-4-6-22(21)40-26/h3-13H,14-15H2,1-2H3,(H,29,36)(H,30,31,35). The molecule has 204 valence electrons. The van der Waals surface area contributed by atoms with Crippen LogP contribution in [-0.2, 0) is 11.3 Å². The molecule has 0 saturated heterocycles. The van der Waals surface area contributed by atoms with Crippen LogP contribution in [0.5, 0.6) is 11.5 Å². The molecule has 3 aromatic carbocycles. The van der Waals surface area contributed by atoms with Crippen molar-refractivity contribution in [2.45, 2.75) is 11.7 Å². The van der Waals surface area contributed by atoms with Gasteiger partial charge in [0.05, 0.1) is 36.7 Å². The van der Waals surface area contributed by atoms with E-state index < -0.39 is 0 Å². The van der Waals surface area contributed by atoms with Crippen LogP contribution in [0.1, 0.15) is 16.2 Å². The maximum Gasteiger partial charge on any atom is 0.251 e. The lowest BCUT2D eigenvalue weighted by Gasteiger charge is -2.12. The molecule has 0 aliphatic carbocycles.